The number of aromatic nitrogens is 1. The zero-order chi connectivity index (χ0) is 18.0. The molecule has 0 radical (unpaired) electrons. The highest BCUT2D eigenvalue weighted by molar-refractivity contribution is 6.32. The van der Waals surface area contributed by atoms with Gasteiger partial charge in [0.2, 0.25) is 5.88 Å². The molecule has 0 saturated heterocycles. The number of nitrogens with zero attached hydrogens (tertiary/aromatic N) is 1. The summed E-state index contributed by atoms with van der Waals surface area (Å²) in [5.74, 6) is -0.817. The zero-order valence-corrected chi connectivity index (χ0v) is 14.7. The predicted octanol–water partition coefficient (Wildman–Crippen LogP) is 5.85. The van der Waals surface area contributed by atoms with E-state index in [4.69, 9.17) is 27.9 Å². The second-order valence-corrected chi connectivity index (χ2v) is 6.17. The summed E-state index contributed by atoms with van der Waals surface area (Å²) in [7, 11) is 0. The molecule has 1 aromatic heterocycles. The second kappa shape index (κ2) is 7.13. The van der Waals surface area contributed by atoms with Crippen molar-refractivity contribution in [2.75, 3.05) is 0 Å². The Hall–Kier alpha value is -2.56. The molecule has 25 heavy (non-hydrogen) atoms. The molecule has 0 unspecified atom stereocenters. The maximum Gasteiger partial charge on any atom is 0.341 e. The number of carboxylic acid groups (broad SMARTS) is 1. The fourth-order valence-electron chi connectivity index (χ4n) is 2.28. The molecular formula is C19H13Cl2NO3. The minimum Gasteiger partial charge on any atom is -0.477 e. The van der Waals surface area contributed by atoms with Gasteiger partial charge in [0.05, 0.1) is 10.7 Å². The largest absolute Gasteiger partial charge is 0.477 e. The van der Waals surface area contributed by atoms with Gasteiger partial charge in [-0.15, -0.1) is 0 Å². The van der Waals surface area contributed by atoms with Crippen LogP contribution in [-0.4, -0.2) is 16.1 Å². The van der Waals surface area contributed by atoms with Crippen molar-refractivity contribution in [3.05, 3.63) is 75.8 Å². The molecule has 6 heteroatoms. The van der Waals surface area contributed by atoms with Crippen molar-refractivity contribution < 1.29 is 14.6 Å². The van der Waals surface area contributed by atoms with E-state index in [0.29, 0.717) is 21.5 Å². The van der Waals surface area contributed by atoms with Crippen LogP contribution in [0.1, 0.15) is 15.9 Å². The Morgan fingerprint density at radius 1 is 1.04 bits per heavy atom. The number of aromatic carboxylic acids is 1. The molecule has 0 atom stereocenters. The average Bonchev–Trinajstić information content (AvgIpc) is 2.59. The van der Waals surface area contributed by atoms with E-state index in [1.54, 1.807) is 36.4 Å². The summed E-state index contributed by atoms with van der Waals surface area (Å²) in [6.07, 6.45) is 0. The quantitative estimate of drug-likeness (QED) is 0.622. The van der Waals surface area contributed by atoms with Gasteiger partial charge in [0.25, 0.3) is 0 Å². The van der Waals surface area contributed by atoms with Gasteiger partial charge in [-0.2, -0.15) is 0 Å². The van der Waals surface area contributed by atoms with E-state index >= 15 is 0 Å². The lowest BCUT2D eigenvalue weighted by molar-refractivity contribution is 0.0693. The molecule has 0 aliphatic rings. The molecule has 0 amide bonds. The smallest absolute Gasteiger partial charge is 0.341 e. The SMILES string of the molecule is Cc1cc(-c2ccc(C(=O)O)c(Oc3ccccc3Cl)n2)ccc1Cl. The molecule has 1 N–H and O–H groups in total. The van der Waals surface area contributed by atoms with Crippen LogP contribution in [0.5, 0.6) is 11.6 Å². The Kier molecular flexibility index (Phi) is 4.93. The maximum atomic E-state index is 11.5. The Morgan fingerprint density at radius 2 is 1.80 bits per heavy atom. The number of hydrogen-bond donors (Lipinski definition) is 1. The Labute approximate surface area is 154 Å². The van der Waals surface area contributed by atoms with Crippen molar-refractivity contribution in [3.8, 4) is 22.9 Å². The van der Waals surface area contributed by atoms with Crippen LogP contribution >= 0.6 is 23.2 Å². The standard InChI is InChI=1S/C19H13Cl2NO3/c1-11-10-12(6-8-14(11)20)16-9-7-13(19(23)24)18(22-16)25-17-5-3-2-4-15(17)21/h2-10H,1H3,(H,23,24). The molecule has 1 heterocycles. The van der Waals surface area contributed by atoms with Crippen molar-refractivity contribution in [1.82, 2.24) is 4.98 Å². The van der Waals surface area contributed by atoms with Crippen molar-refractivity contribution in [3.63, 3.8) is 0 Å². The summed E-state index contributed by atoms with van der Waals surface area (Å²) >= 11 is 12.1. The van der Waals surface area contributed by atoms with Crippen LogP contribution in [0.4, 0.5) is 0 Å². The van der Waals surface area contributed by atoms with Crippen molar-refractivity contribution in [1.29, 1.82) is 0 Å². The topological polar surface area (TPSA) is 59.4 Å². The summed E-state index contributed by atoms with van der Waals surface area (Å²) in [5.41, 5.74) is 2.24. The van der Waals surface area contributed by atoms with E-state index in [-0.39, 0.29) is 11.4 Å². The van der Waals surface area contributed by atoms with Crippen LogP contribution < -0.4 is 4.74 Å². The lowest BCUT2D eigenvalue weighted by atomic mass is 10.1. The van der Waals surface area contributed by atoms with E-state index in [1.807, 2.05) is 19.1 Å². The number of pyridine rings is 1. The van der Waals surface area contributed by atoms with Gasteiger partial charge in [0.15, 0.2) is 0 Å². The zero-order valence-electron chi connectivity index (χ0n) is 13.2. The Bertz CT molecular complexity index is 957. The number of benzene rings is 2. The summed E-state index contributed by atoms with van der Waals surface area (Å²) in [4.78, 5) is 15.8. The van der Waals surface area contributed by atoms with Gasteiger partial charge < -0.3 is 9.84 Å². The van der Waals surface area contributed by atoms with Crippen LogP contribution in [0.3, 0.4) is 0 Å². The number of aryl methyl sites for hydroxylation is 1. The average molecular weight is 374 g/mol. The fraction of sp³-hybridized carbons (Fsp3) is 0.0526. The highest BCUT2D eigenvalue weighted by Gasteiger charge is 2.16. The van der Waals surface area contributed by atoms with Crippen molar-refractivity contribution in [2.24, 2.45) is 0 Å². The molecule has 0 spiro atoms. The molecule has 0 aliphatic carbocycles. The Morgan fingerprint density at radius 3 is 2.48 bits per heavy atom. The minimum absolute atomic E-state index is 0.0225. The normalized spacial score (nSPS) is 10.5. The number of hydrogen-bond acceptors (Lipinski definition) is 3. The molecule has 4 nitrogen and oxygen atoms in total. The molecule has 3 aromatic rings. The van der Waals surface area contributed by atoms with E-state index < -0.39 is 5.97 Å². The minimum atomic E-state index is -1.13. The summed E-state index contributed by atoms with van der Waals surface area (Å²) in [5, 5.41) is 10.4. The van der Waals surface area contributed by atoms with Gasteiger partial charge in [-0.1, -0.05) is 41.4 Å². The molecule has 0 bridgehead atoms. The van der Waals surface area contributed by atoms with Gasteiger partial charge in [0, 0.05) is 10.6 Å². The predicted molar refractivity (Wildman–Crippen MR) is 97.9 cm³/mol. The third-order valence-electron chi connectivity index (χ3n) is 3.59. The fourth-order valence-corrected chi connectivity index (χ4v) is 2.57. The first-order valence-corrected chi connectivity index (χ1v) is 8.14. The third kappa shape index (κ3) is 3.76. The van der Waals surface area contributed by atoms with E-state index in [9.17, 15) is 9.90 Å². The molecule has 3 rings (SSSR count). The molecule has 0 saturated carbocycles. The number of halogens is 2. The monoisotopic (exact) mass is 373 g/mol. The van der Waals surface area contributed by atoms with E-state index in [2.05, 4.69) is 4.98 Å². The van der Waals surface area contributed by atoms with E-state index in [1.165, 1.54) is 6.07 Å². The van der Waals surface area contributed by atoms with Gasteiger partial charge >= 0.3 is 5.97 Å². The number of rotatable bonds is 4. The van der Waals surface area contributed by atoms with Gasteiger partial charge in [0.1, 0.15) is 11.3 Å². The first-order valence-electron chi connectivity index (χ1n) is 7.39. The number of para-hydroxylation sites is 1. The van der Waals surface area contributed by atoms with Crippen LogP contribution in [0.15, 0.2) is 54.6 Å². The molecular weight excluding hydrogens is 361 g/mol. The van der Waals surface area contributed by atoms with Crippen LogP contribution in [0.2, 0.25) is 10.0 Å². The molecule has 0 aliphatic heterocycles. The summed E-state index contributed by atoms with van der Waals surface area (Å²) < 4.78 is 5.67. The molecule has 2 aromatic carbocycles. The first-order chi connectivity index (χ1) is 12.0. The van der Waals surface area contributed by atoms with E-state index in [0.717, 1.165) is 11.1 Å². The third-order valence-corrected chi connectivity index (χ3v) is 4.32. The van der Waals surface area contributed by atoms with Gasteiger partial charge in [-0.05, 0) is 48.9 Å². The summed E-state index contributed by atoms with van der Waals surface area (Å²) in [6, 6.07) is 15.4. The van der Waals surface area contributed by atoms with Crippen molar-refractivity contribution in [2.45, 2.75) is 6.92 Å². The first kappa shape index (κ1) is 17.3. The highest BCUT2D eigenvalue weighted by Crippen LogP contribution is 2.32. The van der Waals surface area contributed by atoms with Crippen LogP contribution in [-0.2, 0) is 0 Å². The van der Waals surface area contributed by atoms with Crippen molar-refractivity contribution >= 4 is 29.2 Å². The number of ether oxygens (including phenoxy) is 1. The molecule has 0 fully saturated rings. The van der Waals surface area contributed by atoms with Gasteiger partial charge in [-0.25, -0.2) is 9.78 Å². The summed E-state index contributed by atoms with van der Waals surface area (Å²) in [6.45, 7) is 1.89. The lowest BCUT2D eigenvalue weighted by Gasteiger charge is -2.11. The highest BCUT2D eigenvalue weighted by atomic mass is 35.5. The Balaban J connectivity index is 2.07. The van der Waals surface area contributed by atoms with Crippen LogP contribution in [0.25, 0.3) is 11.3 Å². The maximum absolute atomic E-state index is 11.5. The lowest BCUT2D eigenvalue weighted by Crippen LogP contribution is -2.03. The second-order valence-electron chi connectivity index (χ2n) is 5.35. The molecule has 126 valence electrons. The van der Waals surface area contributed by atoms with Crippen LogP contribution in [0, 0.1) is 6.92 Å². The number of carboxylic acids is 1. The number of carbonyl (C=O) groups is 1. The van der Waals surface area contributed by atoms with Gasteiger partial charge in [-0.3, -0.25) is 0 Å².